The maximum Gasteiger partial charge on any atom is 0.255 e. The lowest BCUT2D eigenvalue weighted by Gasteiger charge is -2.35. The van der Waals surface area contributed by atoms with Crippen LogP contribution in [0.4, 0.5) is 5.69 Å². The number of hydrogen-bond acceptors (Lipinski definition) is 4. The van der Waals surface area contributed by atoms with Gasteiger partial charge in [0.1, 0.15) is 0 Å². The fourth-order valence-corrected chi connectivity index (χ4v) is 3.39. The molecule has 0 aliphatic carbocycles. The Morgan fingerprint density at radius 3 is 2.29 bits per heavy atom. The first kappa shape index (κ1) is 16.7. The number of piperazine rings is 1. The zero-order chi connectivity index (χ0) is 17.1. The van der Waals surface area contributed by atoms with E-state index in [1.807, 2.05) is 15.9 Å². The third kappa shape index (κ3) is 3.68. The van der Waals surface area contributed by atoms with Crippen LogP contribution >= 0.6 is 0 Å². The van der Waals surface area contributed by atoms with Crippen LogP contribution in [0, 0.1) is 5.92 Å². The summed E-state index contributed by atoms with van der Waals surface area (Å²) < 4.78 is 0. The van der Waals surface area contributed by atoms with Crippen molar-refractivity contribution in [2.45, 2.75) is 26.7 Å². The van der Waals surface area contributed by atoms with E-state index in [-0.39, 0.29) is 11.8 Å². The van der Waals surface area contributed by atoms with Crippen LogP contribution in [-0.2, 0) is 4.79 Å². The maximum absolute atomic E-state index is 12.7. The van der Waals surface area contributed by atoms with E-state index in [2.05, 4.69) is 16.8 Å². The normalized spacial score (nSPS) is 19.5. The summed E-state index contributed by atoms with van der Waals surface area (Å²) in [6.07, 6.45) is 5.62. The minimum Gasteiger partial charge on any atom is -0.367 e. The molecule has 0 radical (unpaired) electrons. The van der Waals surface area contributed by atoms with Crippen LogP contribution in [0.5, 0.6) is 0 Å². The van der Waals surface area contributed by atoms with E-state index in [0.717, 1.165) is 57.8 Å². The van der Waals surface area contributed by atoms with Crippen LogP contribution in [0.3, 0.4) is 0 Å². The van der Waals surface area contributed by atoms with Gasteiger partial charge in [0.15, 0.2) is 0 Å². The number of piperidine rings is 1. The fraction of sp³-hybridized carbons (Fsp3) is 0.611. The van der Waals surface area contributed by atoms with Crippen LogP contribution in [0.15, 0.2) is 18.5 Å². The van der Waals surface area contributed by atoms with Crippen molar-refractivity contribution in [1.82, 2.24) is 14.8 Å². The van der Waals surface area contributed by atoms with Gasteiger partial charge in [-0.15, -0.1) is 0 Å². The summed E-state index contributed by atoms with van der Waals surface area (Å²) in [7, 11) is 0. The molecule has 2 fully saturated rings. The van der Waals surface area contributed by atoms with Crippen LogP contribution in [-0.4, -0.2) is 65.9 Å². The molecule has 0 bridgehead atoms. The second-order valence-corrected chi connectivity index (χ2v) is 6.90. The standard InChI is InChI=1S/C18H26N4O2/c1-14-3-5-22(6-4-14)18(24)16-11-17(13-19-12-16)21-9-7-20(8-10-21)15(2)23/h11-14H,3-10H2,1-2H3. The average molecular weight is 330 g/mol. The summed E-state index contributed by atoms with van der Waals surface area (Å²) >= 11 is 0. The monoisotopic (exact) mass is 330 g/mol. The van der Waals surface area contributed by atoms with E-state index in [1.54, 1.807) is 19.3 Å². The highest BCUT2D eigenvalue weighted by atomic mass is 16.2. The van der Waals surface area contributed by atoms with Gasteiger partial charge in [0.05, 0.1) is 17.4 Å². The Morgan fingerprint density at radius 2 is 1.67 bits per heavy atom. The Balaban J connectivity index is 1.66. The van der Waals surface area contributed by atoms with Crippen molar-refractivity contribution in [2.24, 2.45) is 5.92 Å². The van der Waals surface area contributed by atoms with Crippen molar-refractivity contribution in [2.75, 3.05) is 44.2 Å². The lowest BCUT2D eigenvalue weighted by atomic mass is 9.99. The number of nitrogens with zero attached hydrogens (tertiary/aromatic N) is 4. The van der Waals surface area contributed by atoms with Gasteiger partial charge >= 0.3 is 0 Å². The number of pyridine rings is 1. The summed E-state index contributed by atoms with van der Waals surface area (Å²) in [6, 6.07) is 1.94. The second kappa shape index (κ2) is 7.20. The van der Waals surface area contributed by atoms with Crippen molar-refractivity contribution in [1.29, 1.82) is 0 Å². The molecule has 24 heavy (non-hydrogen) atoms. The highest BCUT2D eigenvalue weighted by Gasteiger charge is 2.23. The molecule has 0 saturated carbocycles. The van der Waals surface area contributed by atoms with Crippen molar-refractivity contribution >= 4 is 17.5 Å². The van der Waals surface area contributed by atoms with Gasteiger partial charge in [-0.2, -0.15) is 0 Å². The smallest absolute Gasteiger partial charge is 0.255 e. The maximum atomic E-state index is 12.7. The van der Waals surface area contributed by atoms with Crippen LogP contribution in [0.2, 0.25) is 0 Å². The molecule has 3 rings (SSSR count). The SMILES string of the molecule is CC(=O)N1CCN(c2cncc(C(=O)N3CCC(C)CC3)c2)CC1. The van der Waals surface area contributed by atoms with E-state index in [0.29, 0.717) is 11.5 Å². The van der Waals surface area contributed by atoms with Gasteiger partial charge < -0.3 is 14.7 Å². The largest absolute Gasteiger partial charge is 0.367 e. The predicted octanol–water partition coefficient (Wildman–Crippen LogP) is 1.62. The Hall–Kier alpha value is -2.11. The number of rotatable bonds is 2. The quantitative estimate of drug-likeness (QED) is 0.827. The minimum atomic E-state index is 0.0821. The Kier molecular flexibility index (Phi) is 5.02. The summed E-state index contributed by atoms with van der Waals surface area (Å²) in [4.78, 5) is 34.4. The van der Waals surface area contributed by atoms with Crippen molar-refractivity contribution in [3.8, 4) is 0 Å². The number of likely N-dealkylation sites (tertiary alicyclic amines) is 1. The molecule has 2 aliphatic rings. The van der Waals surface area contributed by atoms with E-state index in [4.69, 9.17) is 0 Å². The lowest BCUT2D eigenvalue weighted by molar-refractivity contribution is -0.129. The number of carbonyl (C=O) groups excluding carboxylic acids is 2. The molecular weight excluding hydrogens is 304 g/mol. The summed E-state index contributed by atoms with van der Waals surface area (Å²) in [6.45, 7) is 8.51. The zero-order valence-electron chi connectivity index (χ0n) is 14.6. The summed E-state index contributed by atoms with van der Waals surface area (Å²) in [5.41, 5.74) is 1.63. The lowest BCUT2D eigenvalue weighted by Crippen LogP contribution is -2.48. The number of carbonyl (C=O) groups is 2. The summed E-state index contributed by atoms with van der Waals surface area (Å²) in [5, 5.41) is 0. The third-order valence-corrected chi connectivity index (χ3v) is 5.13. The number of anilines is 1. The number of amides is 2. The molecule has 6 nitrogen and oxygen atoms in total. The third-order valence-electron chi connectivity index (χ3n) is 5.13. The van der Waals surface area contributed by atoms with Crippen molar-refractivity contribution in [3.63, 3.8) is 0 Å². The van der Waals surface area contributed by atoms with Gasteiger partial charge in [-0.1, -0.05) is 6.92 Å². The van der Waals surface area contributed by atoms with Crippen LogP contribution < -0.4 is 4.90 Å². The molecule has 0 spiro atoms. The van der Waals surface area contributed by atoms with Crippen molar-refractivity contribution in [3.05, 3.63) is 24.0 Å². The molecule has 2 amide bonds. The van der Waals surface area contributed by atoms with Gasteiger partial charge in [-0.25, -0.2) is 0 Å². The molecule has 130 valence electrons. The van der Waals surface area contributed by atoms with Gasteiger partial charge in [0, 0.05) is 52.4 Å². The predicted molar refractivity (Wildman–Crippen MR) is 93.0 cm³/mol. The highest BCUT2D eigenvalue weighted by molar-refractivity contribution is 5.94. The molecule has 0 unspecified atom stereocenters. The first-order valence-electron chi connectivity index (χ1n) is 8.79. The molecule has 2 saturated heterocycles. The molecule has 6 heteroatoms. The Labute approximate surface area is 143 Å². The topological polar surface area (TPSA) is 56.8 Å². The Morgan fingerprint density at radius 1 is 1.00 bits per heavy atom. The van der Waals surface area contributed by atoms with Crippen LogP contribution in [0.25, 0.3) is 0 Å². The van der Waals surface area contributed by atoms with E-state index >= 15 is 0 Å². The molecule has 1 aromatic heterocycles. The summed E-state index contributed by atoms with van der Waals surface area (Å²) in [5.74, 6) is 0.908. The van der Waals surface area contributed by atoms with Gasteiger partial charge in [-0.3, -0.25) is 14.6 Å². The van der Waals surface area contributed by atoms with E-state index < -0.39 is 0 Å². The molecular formula is C18H26N4O2. The molecule has 0 aromatic carbocycles. The molecule has 3 heterocycles. The average Bonchev–Trinajstić information content (AvgIpc) is 2.62. The zero-order valence-corrected chi connectivity index (χ0v) is 14.6. The number of aromatic nitrogens is 1. The van der Waals surface area contributed by atoms with E-state index in [9.17, 15) is 9.59 Å². The van der Waals surface area contributed by atoms with E-state index in [1.165, 1.54) is 0 Å². The molecule has 1 aromatic rings. The molecule has 0 N–H and O–H groups in total. The minimum absolute atomic E-state index is 0.0821. The second-order valence-electron chi connectivity index (χ2n) is 6.90. The van der Waals surface area contributed by atoms with Gasteiger partial charge in [-0.05, 0) is 24.8 Å². The fourth-order valence-electron chi connectivity index (χ4n) is 3.39. The Bertz CT molecular complexity index is 603. The van der Waals surface area contributed by atoms with Crippen LogP contribution in [0.1, 0.15) is 37.0 Å². The van der Waals surface area contributed by atoms with Gasteiger partial charge in [0.2, 0.25) is 5.91 Å². The number of hydrogen-bond donors (Lipinski definition) is 0. The van der Waals surface area contributed by atoms with Gasteiger partial charge in [0.25, 0.3) is 5.91 Å². The van der Waals surface area contributed by atoms with Crippen molar-refractivity contribution < 1.29 is 9.59 Å². The highest BCUT2D eigenvalue weighted by Crippen LogP contribution is 2.21. The first-order valence-corrected chi connectivity index (χ1v) is 8.79. The molecule has 2 aliphatic heterocycles. The molecule has 0 atom stereocenters. The first-order chi connectivity index (χ1) is 11.5.